The number of benzene rings is 1. The maximum absolute atomic E-state index is 13.4. The smallest absolute Gasteiger partial charge is 0.245 e. The van der Waals surface area contributed by atoms with Crippen molar-refractivity contribution in [2.45, 2.75) is 50.5 Å². The summed E-state index contributed by atoms with van der Waals surface area (Å²) in [6.45, 7) is 10.4. The fraction of sp³-hybridized carbons (Fsp3) is 0.565. The fourth-order valence-corrected chi connectivity index (χ4v) is 4.58. The molecule has 1 atom stereocenters. The maximum atomic E-state index is 13.4. The van der Waals surface area contributed by atoms with E-state index in [1.165, 1.54) is 6.08 Å². The zero-order valence-electron chi connectivity index (χ0n) is 17.1. The highest BCUT2D eigenvalue weighted by molar-refractivity contribution is 5.90. The molecule has 0 radical (unpaired) electrons. The van der Waals surface area contributed by atoms with Crippen molar-refractivity contribution in [3.05, 3.63) is 48.6 Å². The highest BCUT2D eigenvalue weighted by Crippen LogP contribution is 2.36. The Morgan fingerprint density at radius 2 is 1.93 bits per heavy atom. The minimum absolute atomic E-state index is 0.0634. The number of ether oxygens (including phenoxy) is 1. The van der Waals surface area contributed by atoms with Crippen molar-refractivity contribution >= 4 is 11.8 Å². The highest BCUT2D eigenvalue weighted by atomic mass is 16.5. The van der Waals surface area contributed by atoms with E-state index in [9.17, 15) is 9.59 Å². The summed E-state index contributed by atoms with van der Waals surface area (Å²) >= 11 is 0. The SMILES string of the molecule is C=CC(=O)N1CCC(C(=O)NCC2CCOC(C)(C)C2)(c2ccccc2)CC1. The van der Waals surface area contributed by atoms with E-state index in [0.29, 0.717) is 38.4 Å². The topological polar surface area (TPSA) is 58.6 Å². The van der Waals surface area contributed by atoms with Gasteiger partial charge in [0.1, 0.15) is 0 Å². The molecule has 1 N–H and O–H groups in total. The van der Waals surface area contributed by atoms with Crippen LogP contribution in [0.3, 0.4) is 0 Å². The van der Waals surface area contributed by atoms with Crippen LogP contribution in [-0.4, -0.2) is 48.6 Å². The monoisotopic (exact) mass is 384 g/mol. The number of hydrogen-bond acceptors (Lipinski definition) is 3. The van der Waals surface area contributed by atoms with Gasteiger partial charge in [-0.15, -0.1) is 0 Å². The summed E-state index contributed by atoms with van der Waals surface area (Å²) in [7, 11) is 0. The number of nitrogens with one attached hydrogen (secondary N) is 1. The first-order chi connectivity index (χ1) is 13.4. The standard InChI is InChI=1S/C23H32N2O3/c1-4-20(26)25-13-11-23(12-14-25,19-8-6-5-7-9-19)21(27)24-17-18-10-15-28-22(2,3)16-18/h4-9,18H,1,10-17H2,2-3H3,(H,24,27). The lowest BCUT2D eigenvalue weighted by Gasteiger charge is -2.41. The quantitative estimate of drug-likeness (QED) is 0.794. The minimum atomic E-state index is -0.583. The molecule has 2 aliphatic heterocycles. The number of hydrogen-bond donors (Lipinski definition) is 1. The van der Waals surface area contributed by atoms with Crippen molar-refractivity contribution in [3.8, 4) is 0 Å². The molecule has 0 saturated carbocycles. The largest absolute Gasteiger partial charge is 0.376 e. The van der Waals surface area contributed by atoms with E-state index in [-0.39, 0.29) is 17.4 Å². The summed E-state index contributed by atoms with van der Waals surface area (Å²) in [5, 5.41) is 3.24. The van der Waals surface area contributed by atoms with Gasteiger partial charge in [0.05, 0.1) is 11.0 Å². The van der Waals surface area contributed by atoms with Crippen LogP contribution in [0.4, 0.5) is 0 Å². The molecule has 152 valence electrons. The molecule has 1 aromatic rings. The number of rotatable bonds is 5. The average Bonchev–Trinajstić information content (AvgIpc) is 2.71. The summed E-state index contributed by atoms with van der Waals surface area (Å²) in [4.78, 5) is 27.2. The molecule has 28 heavy (non-hydrogen) atoms. The third kappa shape index (κ3) is 4.46. The molecule has 2 saturated heterocycles. The van der Waals surface area contributed by atoms with E-state index in [4.69, 9.17) is 4.74 Å². The number of likely N-dealkylation sites (tertiary alicyclic amines) is 1. The van der Waals surface area contributed by atoms with Crippen LogP contribution in [0, 0.1) is 5.92 Å². The van der Waals surface area contributed by atoms with Crippen molar-refractivity contribution in [1.29, 1.82) is 0 Å². The Labute approximate surface area is 168 Å². The van der Waals surface area contributed by atoms with Crippen molar-refractivity contribution in [1.82, 2.24) is 10.2 Å². The van der Waals surface area contributed by atoms with Gasteiger partial charge in [-0.2, -0.15) is 0 Å². The summed E-state index contributed by atoms with van der Waals surface area (Å²) in [5.74, 6) is 0.447. The van der Waals surface area contributed by atoms with Gasteiger partial charge >= 0.3 is 0 Å². The number of piperidine rings is 1. The zero-order valence-corrected chi connectivity index (χ0v) is 17.1. The molecule has 3 rings (SSSR count). The molecule has 2 heterocycles. The van der Waals surface area contributed by atoms with Crippen LogP contribution in [-0.2, 0) is 19.7 Å². The lowest BCUT2D eigenvalue weighted by Crippen LogP contribution is -2.53. The maximum Gasteiger partial charge on any atom is 0.245 e. The second-order valence-corrected chi connectivity index (χ2v) is 8.65. The summed E-state index contributed by atoms with van der Waals surface area (Å²) in [5.41, 5.74) is 0.326. The highest BCUT2D eigenvalue weighted by Gasteiger charge is 2.43. The van der Waals surface area contributed by atoms with Gasteiger partial charge in [0.15, 0.2) is 0 Å². The van der Waals surface area contributed by atoms with Crippen molar-refractivity contribution in [3.63, 3.8) is 0 Å². The predicted octanol–water partition coefficient (Wildman–Crippen LogP) is 3.05. The van der Waals surface area contributed by atoms with E-state index in [2.05, 4.69) is 25.7 Å². The molecule has 2 amide bonds. The van der Waals surface area contributed by atoms with Gasteiger partial charge in [0.2, 0.25) is 11.8 Å². The number of carbonyl (C=O) groups excluding carboxylic acids is 2. The van der Waals surface area contributed by atoms with Crippen LogP contribution < -0.4 is 5.32 Å². The first kappa shape index (κ1) is 20.6. The van der Waals surface area contributed by atoms with Crippen molar-refractivity contribution in [2.75, 3.05) is 26.2 Å². The molecule has 0 aliphatic carbocycles. The summed E-state index contributed by atoms with van der Waals surface area (Å²) < 4.78 is 5.79. The third-order valence-corrected chi connectivity index (χ3v) is 6.21. The average molecular weight is 385 g/mol. The summed E-state index contributed by atoms with van der Waals surface area (Å²) in [6.07, 6.45) is 4.53. The molecule has 2 fully saturated rings. The van der Waals surface area contributed by atoms with E-state index >= 15 is 0 Å². The lowest BCUT2D eigenvalue weighted by atomic mass is 9.71. The van der Waals surface area contributed by atoms with Gasteiger partial charge < -0.3 is 15.0 Å². The van der Waals surface area contributed by atoms with Gasteiger partial charge in [-0.3, -0.25) is 9.59 Å². The second-order valence-electron chi connectivity index (χ2n) is 8.65. The lowest BCUT2D eigenvalue weighted by molar-refractivity contribution is -0.134. The van der Waals surface area contributed by atoms with Crippen LogP contribution in [0.5, 0.6) is 0 Å². The Morgan fingerprint density at radius 1 is 1.25 bits per heavy atom. The Kier molecular flexibility index (Phi) is 6.23. The zero-order chi connectivity index (χ0) is 20.2. The Balaban J connectivity index is 1.72. The third-order valence-electron chi connectivity index (χ3n) is 6.21. The molecule has 0 bridgehead atoms. The first-order valence-electron chi connectivity index (χ1n) is 10.3. The van der Waals surface area contributed by atoms with Crippen LogP contribution in [0.1, 0.15) is 45.1 Å². The van der Waals surface area contributed by atoms with Gasteiger partial charge in [-0.25, -0.2) is 0 Å². The van der Waals surface area contributed by atoms with Crippen LogP contribution in [0.25, 0.3) is 0 Å². The number of amides is 2. The second kappa shape index (κ2) is 8.48. The van der Waals surface area contributed by atoms with Gasteiger partial charge in [0.25, 0.3) is 0 Å². The summed E-state index contributed by atoms with van der Waals surface area (Å²) in [6, 6.07) is 9.99. The molecule has 5 heteroatoms. The Bertz CT molecular complexity index is 706. The molecule has 1 unspecified atom stereocenters. The number of nitrogens with zero attached hydrogens (tertiary/aromatic N) is 1. The minimum Gasteiger partial charge on any atom is -0.376 e. The van der Waals surface area contributed by atoms with E-state index in [1.54, 1.807) is 4.90 Å². The van der Waals surface area contributed by atoms with Gasteiger partial charge in [0, 0.05) is 26.2 Å². The van der Waals surface area contributed by atoms with Crippen molar-refractivity contribution < 1.29 is 14.3 Å². The van der Waals surface area contributed by atoms with E-state index in [1.807, 2.05) is 30.3 Å². The molecule has 0 spiro atoms. The van der Waals surface area contributed by atoms with E-state index in [0.717, 1.165) is 25.0 Å². The number of carbonyl (C=O) groups is 2. The first-order valence-corrected chi connectivity index (χ1v) is 10.3. The molecule has 5 nitrogen and oxygen atoms in total. The molecular weight excluding hydrogens is 352 g/mol. The predicted molar refractivity (Wildman–Crippen MR) is 110 cm³/mol. The Morgan fingerprint density at radius 3 is 2.54 bits per heavy atom. The van der Waals surface area contributed by atoms with E-state index < -0.39 is 5.41 Å². The normalized spacial score (nSPS) is 23.6. The van der Waals surface area contributed by atoms with Gasteiger partial charge in [-0.1, -0.05) is 36.9 Å². The van der Waals surface area contributed by atoms with Crippen LogP contribution in [0.15, 0.2) is 43.0 Å². The van der Waals surface area contributed by atoms with Crippen molar-refractivity contribution in [2.24, 2.45) is 5.92 Å². The molecule has 0 aromatic heterocycles. The fourth-order valence-electron chi connectivity index (χ4n) is 4.58. The molecule has 1 aromatic carbocycles. The van der Waals surface area contributed by atoms with Crippen LogP contribution >= 0.6 is 0 Å². The molecule has 2 aliphatic rings. The van der Waals surface area contributed by atoms with Gasteiger partial charge in [-0.05, 0) is 57.1 Å². The Hall–Kier alpha value is -2.14. The van der Waals surface area contributed by atoms with Crippen LogP contribution in [0.2, 0.25) is 0 Å². The molecular formula is C23H32N2O3.